The molecule has 0 aliphatic rings. The predicted molar refractivity (Wildman–Crippen MR) is 101 cm³/mol. The summed E-state index contributed by atoms with van der Waals surface area (Å²) in [7, 11) is 4.54. The standard InChI is InChI=1S/C19H22N2O7/c1-12-7-14(5-6-15(12)21(23)24)28-11-18(22)20-10-13-8-16(25-2)19(27-4)17(9-13)26-3/h5-9H,10-11H2,1-4H3,(H,20,22). The summed E-state index contributed by atoms with van der Waals surface area (Å²) in [5.41, 5.74) is 1.22. The third-order valence-corrected chi connectivity index (χ3v) is 3.95. The second kappa shape index (κ2) is 9.45. The van der Waals surface area contributed by atoms with Crippen LogP contribution in [-0.4, -0.2) is 38.8 Å². The van der Waals surface area contributed by atoms with Gasteiger partial charge in [0.25, 0.3) is 11.6 Å². The lowest BCUT2D eigenvalue weighted by molar-refractivity contribution is -0.385. The first kappa shape index (κ1) is 20.8. The summed E-state index contributed by atoms with van der Waals surface area (Å²) in [6, 6.07) is 7.80. The van der Waals surface area contributed by atoms with Crippen LogP contribution in [-0.2, 0) is 11.3 Å². The first-order valence-electron chi connectivity index (χ1n) is 8.33. The molecule has 0 unspecified atom stereocenters. The van der Waals surface area contributed by atoms with Crippen molar-refractivity contribution in [2.24, 2.45) is 0 Å². The lowest BCUT2D eigenvalue weighted by Gasteiger charge is -2.14. The Kier molecular flexibility index (Phi) is 7.02. The summed E-state index contributed by atoms with van der Waals surface area (Å²) in [5.74, 6) is 1.49. The van der Waals surface area contributed by atoms with Gasteiger partial charge in [0.05, 0.1) is 26.3 Å². The van der Waals surface area contributed by atoms with Gasteiger partial charge in [0.2, 0.25) is 5.75 Å². The van der Waals surface area contributed by atoms with Crippen molar-refractivity contribution in [2.75, 3.05) is 27.9 Å². The average molecular weight is 390 g/mol. The van der Waals surface area contributed by atoms with Gasteiger partial charge in [-0.25, -0.2) is 0 Å². The molecule has 2 rings (SSSR count). The van der Waals surface area contributed by atoms with Crippen molar-refractivity contribution >= 4 is 11.6 Å². The molecule has 0 aliphatic heterocycles. The van der Waals surface area contributed by atoms with E-state index in [1.807, 2.05) is 0 Å². The Morgan fingerprint density at radius 1 is 1.07 bits per heavy atom. The van der Waals surface area contributed by atoms with Crippen molar-refractivity contribution < 1.29 is 28.7 Å². The Bertz CT molecular complexity index is 842. The highest BCUT2D eigenvalue weighted by atomic mass is 16.6. The van der Waals surface area contributed by atoms with Crippen molar-refractivity contribution in [3.8, 4) is 23.0 Å². The molecule has 0 aromatic heterocycles. The van der Waals surface area contributed by atoms with E-state index in [0.717, 1.165) is 5.56 Å². The van der Waals surface area contributed by atoms with Crippen molar-refractivity contribution in [1.29, 1.82) is 0 Å². The van der Waals surface area contributed by atoms with Crippen molar-refractivity contribution in [3.63, 3.8) is 0 Å². The maximum atomic E-state index is 12.1. The molecule has 2 aromatic rings. The number of hydrogen-bond acceptors (Lipinski definition) is 7. The number of aryl methyl sites for hydroxylation is 1. The number of nitro benzene ring substituents is 1. The van der Waals surface area contributed by atoms with Gasteiger partial charge in [0.15, 0.2) is 18.1 Å². The summed E-state index contributed by atoms with van der Waals surface area (Å²) in [6.45, 7) is 1.62. The van der Waals surface area contributed by atoms with Crippen LogP contribution in [0.25, 0.3) is 0 Å². The van der Waals surface area contributed by atoms with Crippen LogP contribution in [0.15, 0.2) is 30.3 Å². The van der Waals surface area contributed by atoms with E-state index < -0.39 is 4.92 Å². The second-order valence-corrected chi connectivity index (χ2v) is 5.80. The van der Waals surface area contributed by atoms with Gasteiger partial charge in [0.1, 0.15) is 5.75 Å². The van der Waals surface area contributed by atoms with Gasteiger partial charge in [-0.1, -0.05) is 0 Å². The SMILES string of the molecule is COc1cc(CNC(=O)COc2ccc([N+](=O)[O-])c(C)c2)cc(OC)c1OC. The molecule has 0 bridgehead atoms. The molecule has 1 N–H and O–H groups in total. The van der Waals surface area contributed by atoms with E-state index in [1.165, 1.54) is 39.5 Å². The number of amides is 1. The number of benzene rings is 2. The quantitative estimate of drug-likeness (QED) is 0.518. The smallest absolute Gasteiger partial charge is 0.272 e. The van der Waals surface area contributed by atoms with Gasteiger partial charge in [-0.05, 0) is 36.8 Å². The fourth-order valence-corrected chi connectivity index (χ4v) is 2.56. The molecule has 9 heteroatoms. The molecule has 0 fully saturated rings. The number of nitrogens with zero attached hydrogens (tertiary/aromatic N) is 1. The van der Waals surface area contributed by atoms with Crippen LogP contribution < -0.4 is 24.3 Å². The molecule has 0 aliphatic carbocycles. The molecular weight excluding hydrogens is 368 g/mol. The normalized spacial score (nSPS) is 10.1. The Morgan fingerprint density at radius 3 is 2.21 bits per heavy atom. The van der Waals surface area contributed by atoms with Gasteiger partial charge in [-0.15, -0.1) is 0 Å². The van der Waals surface area contributed by atoms with Crippen LogP contribution in [0.3, 0.4) is 0 Å². The summed E-state index contributed by atoms with van der Waals surface area (Å²) >= 11 is 0. The van der Waals surface area contributed by atoms with Crippen LogP contribution in [0, 0.1) is 17.0 Å². The Morgan fingerprint density at radius 2 is 1.71 bits per heavy atom. The molecular formula is C19H22N2O7. The number of ether oxygens (including phenoxy) is 4. The Labute approximate surface area is 162 Å². The van der Waals surface area contributed by atoms with Gasteiger partial charge in [-0.3, -0.25) is 14.9 Å². The van der Waals surface area contributed by atoms with Gasteiger partial charge >= 0.3 is 0 Å². The fraction of sp³-hybridized carbons (Fsp3) is 0.316. The van der Waals surface area contributed by atoms with Crippen molar-refractivity contribution in [1.82, 2.24) is 5.32 Å². The molecule has 0 saturated carbocycles. The molecule has 0 spiro atoms. The molecule has 0 radical (unpaired) electrons. The number of rotatable bonds is 9. The third-order valence-electron chi connectivity index (χ3n) is 3.95. The predicted octanol–water partition coefficient (Wildman–Crippen LogP) is 2.62. The Balaban J connectivity index is 1.96. The average Bonchev–Trinajstić information content (AvgIpc) is 2.69. The number of carbonyl (C=O) groups is 1. The molecule has 150 valence electrons. The monoisotopic (exact) mass is 390 g/mol. The number of methoxy groups -OCH3 is 3. The van der Waals surface area contributed by atoms with Crippen LogP contribution in [0.4, 0.5) is 5.69 Å². The van der Waals surface area contributed by atoms with Crippen molar-refractivity contribution in [2.45, 2.75) is 13.5 Å². The highest BCUT2D eigenvalue weighted by Gasteiger charge is 2.14. The minimum atomic E-state index is -0.469. The summed E-state index contributed by atoms with van der Waals surface area (Å²) in [5, 5.41) is 13.6. The number of nitro groups is 1. The van der Waals surface area contributed by atoms with E-state index in [9.17, 15) is 14.9 Å². The van der Waals surface area contributed by atoms with Crippen LogP contribution >= 0.6 is 0 Å². The summed E-state index contributed by atoms with van der Waals surface area (Å²) in [6.07, 6.45) is 0. The van der Waals surface area contributed by atoms with E-state index in [4.69, 9.17) is 18.9 Å². The third kappa shape index (κ3) is 5.03. The van der Waals surface area contributed by atoms with Crippen molar-refractivity contribution in [3.05, 3.63) is 51.6 Å². The lowest BCUT2D eigenvalue weighted by Crippen LogP contribution is -2.28. The molecule has 2 aromatic carbocycles. The molecule has 0 saturated heterocycles. The van der Waals surface area contributed by atoms with E-state index in [-0.39, 0.29) is 24.7 Å². The summed E-state index contributed by atoms with van der Waals surface area (Å²) < 4.78 is 21.2. The zero-order chi connectivity index (χ0) is 20.7. The maximum Gasteiger partial charge on any atom is 0.272 e. The number of hydrogen-bond donors (Lipinski definition) is 1. The van der Waals surface area contributed by atoms with E-state index in [2.05, 4.69) is 5.32 Å². The molecule has 0 heterocycles. The Hall–Kier alpha value is -3.49. The minimum Gasteiger partial charge on any atom is -0.493 e. The van der Waals surface area contributed by atoms with Crippen LogP contribution in [0.5, 0.6) is 23.0 Å². The molecule has 9 nitrogen and oxygen atoms in total. The number of nitrogens with one attached hydrogen (secondary N) is 1. The minimum absolute atomic E-state index is 0.000739. The lowest BCUT2D eigenvalue weighted by atomic mass is 10.1. The summed E-state index contributed by atoms with van der Waals surface area (Å²) in [4.78, 5) is 22.4. The maximum absolute atomic E-state index is 12.1. The largest absolute Gasteiger partial charge is 0.493 e. The van der Waals surface area contributed by atoms with Gasteiger partial charge in [0, 0.05) is 18.2 Å². The topological polar surface area (TPSA) is 109 Å². The fourth-order valence-electron chi connectivity index (χ4n) is 2.56. The van der Waals surface area contributed by atoms with Gasteiger partial charge < -0.3 is 24.3 Å². The first-order chi connectivity index (χ1) is 13.4. The highest BCUT2D eigenvalue weighted by molar-refractivity contribution is 5.77. The van der Waals surface area contributed by atoms with E-state index in [1.54, 1.807) is 19.1 Å². The van der Waals surface area contributed by atoms with Crippen LogP contribution in [0.1, 0.15) is 11.1 Å². The number of carbonyl (C=O) groups excluding carboxylic acids is 1. The molecule has 1 amide bonds. The first-order valence-corrected chi connectivity index (χ1v) is 8.33. The van der Waals surface area contributed by atoms with E-state index >= 15 is 0 Å². The zero-order valence-corrected chi connectivity index (χ0v) is 16.1. The second-order valence-electron chi connectivity index (χ2n) is 5.80. The zero-order valence-electron chi connectivity index (χ0n) is 16.1. The highest BCUT2D eigenvalue weighted by Crippen LogP contribution is 2.38. The van der Waals surface area contributed by atoms with E-state index in [0.29, 0.717) is 28.6 Å². The van der Waals surface area contributed by atoms with Crippen LogP contribution in [0.2, 0.25) is 0 Å². The molecule has 0 atom stereocenters. The molecule has 28 heavy (non-hydrogen) atoms. The van der Waals surface area contributed by atoms with Gasteiger partial charge in [-0.2, -0.15) is 0 Å².